The van der Waals surface area contributed by atoms with E-state index < -0.39 is 5.82 Å². The van der Waals surface area contributed by atoms with Crippen LogP contribution in [-0.4, -0.2) is 23.7 Å². The van der Waals surface area contributed by atoms with Gasteiger partial charge in [-0.25, -0.2) is 4.39 Å². The van der Waals surface area contributed by atoms with Crippen molar-refractivity contribution in [3.8, 4) is 0 Å². The van der Waals surface area contributed by atoms with Gasteiger partial charge in [-0.1, -0.05) is 0 Å². The number of halogens is 2. The number of hydrogen-bond donors (Lipinski definition) is 2. The molecule has 1 unspecified atom stereocenters. The first kappa shape index (κ1) is 13.1. The molecule has 0 heterocycles. The molecule has 1 rings (SSSR count). The average Bonchev–Trinajstić information content (AvgIpc) is 2.22. The van der Waals surface area contributed by atoms with E-state index in [4.69, 9.17) is 5.11 Å². The van der Waals surface area contributed by atoms with Crippen molar-refractivity contribution >= 4 is 21.8 Å². The van der Waals surface area contributed by atoms with Crippen LogP contribution in [-0.2, 0) is 0 Å². The van der Waals surface area contributed by atoms with E-state index in [1.165, 1.54) is 18.2 Å². The number of carbonyl (C=O) groups is 1. The fourth-order valence-corrected chi connectivity index (χ4v) is 1.59. The van der Waals surface area contributed by atoms with Gasteiger partial charge in [0.1, 0.15) is 5.82 Å². The Morgan fingerprint density at radius 2 is 2.31 bits per heavy atom. The predicted molar refractivity (Wildman–Crippen MR) is 62.7 cm³/mol. The average molecular weight is 290 g/mol. The molecule has 0 saturated heterocycles. The molecule has 3 nitrogen and oxygen atoms in total. The number of nitrogens with one attached hydrogen (secondary N) is 1. The topological polar surface area (TPSA) is 49.3 Å². The summed E-state index contributed by atoms with van der Waals surface area (Å²) in [6, 6.07) is 3.97. The lowest BCUT2D eigenvalue weighted by molar-refractivity contribution is 0.0934. The molecule has 0 fully saturated rings. The molecule has 0 saturated carbocycles. The summed E-state index contributed by atoms with van der Waals surface area (Å²) < 4.78 is 13.2. The number of amides is 1. The van der Waals surface area contributed by atoms with Gasteiger partial charge in [0.15, 0.2) is 0 Å². The highest BCUT2D eigenvalue weighted by Crippen LogP contribution is 2.16. The number of rotatable bonds is 4. The second kappa shape index (κ2) is 5.96. The van der Waals surface area contributed by atoms with Gasteiger partial charge in [0.25, 0.3) is 5.91 Å². The molecular weight excluding hydrogens is 277 g/mol. The molecule has 1 atom stereocenters. The van der Waals surface area contributed by atoms with Crippen molar-refractivity contribution < 1.29 is 14.3 Å². The summed E-state index contributed by atoms with van der Waals surface area (Å²) in [5.41, 5.74) is 0.387. The summed E-state index contributed by atoms with van der Waals surface area (Å²) >= 11 is 3.02. The minimum atomic E-state index is -0.403. The highest BCUT2D eigenvalue weighted by Gasteiger charge is 2.10. The Hall–Kier alpha value is -0.940. The summed E-state index contributed by atoms with van der Waals surface area (Å²) in [6.07, 6.45) is 0.494. The molecule has 2 N–H and O–H groups in total. The van der Waals surface area contributed by atoms with E-state index in [1.807, 2.05) is 0 Å². The standard InChI is InChI=1S/C11H13BrFNO2/c1-7(4-5-15)14-11(16)8-2-3-10(13)9(12)6-8/h2-3,6-7,15H,4-5H2,1H3,(H,14,16). The first-order valence-corrected chi connectivity index (χ1v) is 5.70. The Balaban J connectivity index is 2.69. The van der Waals surface area contributed by atoms with Gasteiger partial charge in [0.2, 0.25) is 0 Å². The molecule has 0 radical (unpaired) electrons. The van der Waals surface area contributed by atoms with Crippen LogP contribution in [0.4, 0.5) is 4.39 Å². The van der Waals surface area contributed by atoms with Crippen LogP contribution < -0.4 is 5.32 Å². The third kappa shape index (κ3) is 3.57. The Bertz CT molecular complexity index is 384. The molecule has 0 aromatic heterocycles. The van der Waals surface area contributed by atoms with Crippen LogP contribution in [0, 0.1) is 5.82 Å². The van der Waals surface area contributed by atoms with Gasteiger partial charge in [0.05, 0.1) is 4.47 Å². The maximum Gasteiger partial charge on any atom is 0.251 e. The highest BCUT2D eigenvalue weighted by atomic mass is 79.9. The van der Waals surface area contributed by atoms with Gasteiger partial charge >= 0.3 is 0 Å². The summed E-state index contributed by atoms with van der Waals surface area (Å²) in [7, 11) is 0. The van der Waals surface area contributed by atoms with E-state index in [-0.39, 0.29) is 23.0 Å². The molecular formula is C11H13BrFNO2. The number of aliphatic hydroxyl groups excluding tert-OH is 1. The molecule has 5 heteroatoms. The van der Waals surface area contributed by atoms with E-state index in [2.05, 4.69) is 21.2 Å². The molecule has 0 bridgehead atoms. The first-order valence-electron chi connectivity index (χ1n) is 4.91. The van der Waals surface area contributed by atoms with E-state index in [9.17, 15) is 9.18 Å². The number of carbonyl (C=O) groups excluding carboxylic acids is 1. The quantitative estimate of drug-likeness (QED) is 0.892. The maximum absolute atomic E-state index is 12.9. The Morgan fingerprint density at radius 1 is 1.62 bits per heavy atom. The molecule has 16 heavy (non-hydrogen) atoms. The lowest BCUT2D eigenvalue weighted by Gasteiger charge is -2.12. The van der Waals surface area contributed by atoms with Crippen molar-refractivity contribution in [1.29, 1.82) is 0 Å². The molecule has 1 amide bonds. The Kier molecular flexibility index (Phi) is 4.89. The molecule has 88 valence electrons. The highest BCUT2D eigenvalue weighted by molar-refractivity contribution is 9.10. The van der Waals surface area contributed by atoms with Crippen LogP contribution in [0.3, 0.4) is 0 Å². The summed E-state index contributed by atoms with van der Waals surface area (Å²) in [6.45, 7) is 1.82. The Morgan fingerprint density at radius 3 is 2.88 bits per heavy atom. The summed E-state index contributed by atoms with van der Waals surface area (Å²) in [5.74, 6) is -0.679. The van der Waals surface area contributed by atoms with Gasteiger partial charge < -0.3 is 10.4 Å². The van der Waals surface area contributed by atoms with Crippen molar-refractivity contribution in [1.82, 2.24) is 5.32 Å². The zero-order valence-corrected chi connectivity index (χ0v) is 10.4. The number of benzene rings is 1. The summed E-state index contributed by atoms with van der Waals surface area (Å²) in [5, 5.41) is 11.4. The first-order chi connectivity index (χ1) is 7.54. The van der Waals surface area contributed by atoms with Crippen LogP contribution in [0.2, 0.25) is 0 Å². The fourth-order valence-electron chi connectivity index (χ4n) is 1.21. The fraction of sp³-hybridized carbons (Fsp3) is 0.364. The van der Waals surface area contributed by atoms with Crippen molar-refractivity contribution in [2.24, 2.45) is 0 Å². The monoisotopic (exact) mass is 289 g/mol. The van der Waals surface area contributed by atoms with Gasteiger partial charge in [0, 0.05) is 18.2 Å². The molecule has 1 aromatic carbocycles. The normalized spacial score (nSPS) is 12.2. The van der Waals surface area contributed by atoms with Crippen LogP contribution in [0.15, 0.2) is 22.7 Å². The van der Waals surface area contributed by atoms with Gasteiger partial charge in [-0.3, -0.25) is 4.79 Å². The van der Waals surface area contributed by atoms with Crippen molar-refractivity contribution in [3.63, 3.8) is 0 Å². The van der Waals surface area contributed by atoms with Gasteiger partial charge in [-0.2, -0.15) is 0 Å². The molecule has 1 aromatic rings. The minimum absolute atomic E-state index is 0.0224. The number of aliphatic hydroxyl groups is 1. The lowest BCUT2D eigenvalue weighted by Crippen LogP contribution is -2.33. The molecule has 0 aliphatic heterocycles. The minimum Gasteiger partial charge on any atom is -0.396 e. The molecule has 0 aliphatic rings. The smallest absolute Gasteiger partial charge is 0.251 e. The van der Waals surface area contributed by atoms with Crippen molar-refractivity contribution in [2.45, 2.75) is 19.4 Å². The lowest BCUT2D eigenvalue weighted by atomic mass is 10.2. The van der Waals surface area contributed by atoms with E-state index in [0.717, 1.165) is 0 Å². The van der Waals surface area contributed by atoms with Crippen LogP contribution in [0.1, 0.15) is 23.7 Å². The van der Waals surface area contributed by atoms with Crippen LogP contribution >= 0.6 is 15.9 Å². The second-order valence-corrected chi connectivity index (χ2v) is 4.37. The number of hydrogen-bond acceptors (Lipinski definition) is 2. The van der Waals surface area contributed by atoms with Gasteiger partial charge in [-0.15, -0.1) is 0 Å². The van der Waals surface area contributed by atoms with Crippen molar-refractivity contribution in [2.75, 3.05) is 6.61 Å². The van der Waals surface area contributed by atoms with Crippen LogP contribution in [0.5, 0.6) is 0 Å². The van der Waals surface area contributed by atoms with E-state index in [0.29, 0.717) is 12.0 Å². The third-order valence-corrected chi connectivity index (χ3v) is 2.73. The summed E-state index contributed by atoms with van der Waals surface area (Å²) in [4.78, 5) is 11.7. The predicted octanol–water partition coefficient (Wildman–Crippen LogP) is 2.09. The zero-order chi connectivity index (χ0) is 12.1. The van der Waals surface area contributed by atoms with E-state index in [1.54, 1.807) is 6.92 Å². The third-order valence-electron chi connectivity index (χ3n) is 2.12. The molecule has 0 aliphatic carbocycles. The zero-order valence-electron chi connectivity index (χ0n) is 8.84. The SMILES string of the molecule is CC(CCO)NC(=O)c1ccc(F)c(Br)c1. The largest absolute Gasteiger partial charge is 0.396 e. The van der Waals surface area contributed by atoms with Crippen LogP contribution in [0.25, 0.3) is 0 Å². The van der Waals surface area contributed by atoms with Crippen molar-refractivity contribution in [3.05, 3.63) is 34.1 Å². The van der Waals surface area contributed by atoms with Gasteiger partial charge in [-0.05, 0) is 47.5 Å². The maximum atomic E-state index is 12.9. The Labute approximate surface area is 102 Å². The molecule has 0 spiro atoms. The second-order valence-electron chi connectivity index (χ2n) is 3.52. The van der Waals surface area contributed by atoms with E-state index >= 15 is 0 Å².